The van der Waals surface area contributed by atoms with Gasteiger partial charge in [-0.2, -0.15) is 31.3 Å². The van der Waals surface area contributed by atoms with Crippen LogP contribution >= 0.6 is 0 Å². The van der Waals surface area contributed by atoms with Crippen LogP contribution in [0.25, 0.3) is 23.0 Å². The van der Waals surface area contributed by atoms with Gasteiger partial charge in [-0.15, -0.1) is 0 Å². The minimum atomic E-state index is -4.78. The topological polar surface area (TPSA) is 86.0 Å². The van der Waals surface area contributed by atoms with E-state index in [-0.39, 0.29) is 17.1 Å². The molecular formula is C17H11F6N3O3S. The van der Waals surface area contributed by atoms with Gasteiger partial charge < -0.3 is 4.52 Å². The van der Waals surface area contributed by atoms with Crippen LogP contribution in [0, 0.1) is 0 Å². The fourth-order valence-corrected chi connectivity index (χ4v) is 3.53. The molecule has 0 bridgehead atoms. The van der Waals surface area contributed by atoms with E-state index in [9.17, 15) is 34.8 Å². The van der Waals surface area contributed by atoms with E-state index in [0.29, 0.717) is 18.3 Å². The van der Waals surface area contributed by atoms with Crippen molar-refractivity contribution in [2.45, 2.75) is 24.2 Å². The van der Waals surface area contributed by atoms with Gasteiger partial charge in [-0.05, 0) is 30.3 Å². The number of hydrogen-bond acceptors (Lipinski definition) is 6. The highest BCUT2D eigenvalue weighted by Crippen LogP contribution is 2.36. The zero-order valence-corrected chi connectivity index (χ0v) is 15.7. The number of sulfone groups is 1. The summed E-state index contributed by atoms with van der Waals surface area (Å²) in [5.74, 6) is -1.17. The molecule has 0 saturated heterocycles. The molecule has 0 aliphatic rings. The lowest BCUT2D eigenvalue weighted by Gasteiger charge is -2.11. The van der Waals surface area contributed by atoms with Crippen molar-refractivity contribution in [3.05, 3.63) is 47.7 Å². The largest absolute Gasteiger partial charge is 0.417 e. The Morgan fingerprint density at radius 2 is 1.60 bits per heavy atom. The molecule has 1 aromatic carbocycles. The molecule has 0 amide bonds. The zero-order chi connectivity index (χ0) is 22.3. The molecule has 0 fully saturated rings. The van der Waals surface area contributed by atoms with Gasteiger partial charge in [0.2, 0.25) is 5.82 Å². The standard InChI is InChI=1S/C17H11F6N3O3S/c1-2-30(27,28)13-7-9(16(18,19)20)3-5-11(13)15-25-14(26-29-15)12-6-4-10(8-24-12)17(21,22)23/h3-8H,2H2,1H3. The highest BCUT2D eigenvalue weighted by atomic mass is 32.2. The highest BCUT2D eigenvalue weighted by molar-refractivity contribution is 7.91. The molecule has 30 heavy (non-hydrogen) atoms. The van der Waals surface area contributed by atoms with E-state index in [1.165, 1.54) is 6.92 Å². The minimum absolute atomic E-state index is 0.107. The third-order valence-electron chi connectivity index (χ3n) is 4.00. The number of nitrogens with zero attached hydrogens (tertiary/aromatic N) is 3. The highest BCUT2D eigenvalue weighted by Gasteiger charge is 2.34. The predicted molar refractivity (Wildman–Crippen MR) is 90.7 cm³/mol. The molecule has 0 atom stereocenters. The minimum Gasteiger partial charge on any atom is -0.334 e. The molecule has 3 rings (SSSR count). The van der Waals surface area contributed by atoms with Crippen LogP contribution in [-0.2, 0) is 22.2 Å². The normalized spacial score (nSPS) is 12.9. The Morgan fingerprint density at radius 1 is 0.967 bits per heavy atom. The molecule has 2 heterocycles. The third-order valence-corrected chi connectivity index (χ3v) is 5.77. The van der Waals surface area contributed by atoms with Gasteiger partial charge >= 0.3 is 12.4 Å². The maximum Gasteiger partial charge on any atom is 0.417 e. The van der Waals surface area contributed by atoms with Gasteiger partial charge in [-0.1, -0.05) is 12.1 Å². The Kier molecular flexibility index (Phi) is 5.35. The molecule has 0 saturated carbocycles. The van der Waals surface area contributed by atoms with E-state index in [0.717, 1.165) is 18.2 Å². The van der Waals surface area contributed by atoms with Gasteiger partial charge in [0.15, 0.2) is 9.84 Å². The monoisotopic (exact) mass is 451 g/mol. The molecule has 2 aromatic heterocycles. The number of benzene rings is 1. The lowest BCUT2D eigenvalue weighted by molar-refractivity contribution is -0.138. The summed E-state index contributed by atoms with van der Waals surface area (Å²) in [4.78, 5) is 6.80. The van der Waals surface area contributed by atoms with Crippen LogP contribution in [0.4, 0.5) is 26.3 Å². The Hall–Kier alpha value is -2.96. The van der Waals surface area contributed by atoms with Crippen LogP contribution in [0.5, 0.6) is 0 Å². The quantitative estimate of drug-likeness (QED) is 0.538. The first-order chi connectivity index (χ1) is 13.8. The molecule has 0 radical (unpaired) electrons. The lowest BCUT2D eigenvalue weighted by atomic mass is 10.1. The summed E-state index contributed by atoms with van der Waals surface area (Å²) < 4.78 is 106. The second-order valence-electron chi connectivity index (χ2n) is 5.97. The number of alkyl halides is 6. The second-order valence-corrected chi connectivity index (χ2v) is 8.21. The second kappa shape index (κ2) is 7.38. The SMILES string of the molecule is CCS(=O)(=O)c1cc(C(F)(F)F)ccc1-c1nc(-c2ccc(C(F)(F)F)cn2)no1. The van der Waals surface area contributed by atoms with E-state index in [2.05, 4.69) is 15.1 Å². The molecule has 0 unspecified atom stereocenters. The zero-order valence-electron chi connectivity index (χ0n) is 14.9. The summed E-state index contributed by atoms with van der Waals surface area (Å²) in [6, 6.07) is 3.72. The van der Waals surface area contributed by atoms with Gasteiger partial charge in [0.1, 0.15) is 5.69 Å². The number of halogens is 6. The Bertz CT molecular complexity index is 1170. The lowest BCUT2D eigenvalue weighted by Crippen LogP contribution is -2.10. The maximum absolute atomic E-state index is 13.0. The van der Waals surface area contributed by atoms with E-state index in [1.54, 1.807) is 0 Å². The fraction of sp³-hybridized carbons (Fsp3) is 0.235. The summed E-state index contributed by atoms with van der Waals surface area (Å²) >= 11 is 0. The molecule has 0 spiro atoms. The summed E-state index contributed by atoms with van der Waals surface area (Å²) in [7, 11) is -4.11. The van der Waals surface area contributed by atoms with Crippen LogP contribution in [0.15, 0.2) is 45.9 Å². The van der Waals surface area contributed by atoms with Crippen molar-refractivity contribution in [3.63, 3.8) is 0 Å². The first kappa shape index (κ1) is 21.7. The molecule has 13 heteroatoms. The predicted octanol–water partition coefficient (Wildman–Crippen LogP) is 4.63. The van der Waals surface area contributed by atoms with E-state index < -0.39 is 49.9 Å². The van der Waals surface area contributed by atoms with Crippen molar-refractivity contribution in [1.82, 2.24) is 15.1 Å². The van der Waals surface area contributed by atoms with Crippen molar-refractivity contribution in [1.29, 1.82) is 0 Å². The van der Waals surface area contributed by atoms with Crippen LogP contribution in [0.3, 0.4) is 0 Å². The van der Waals surface area contributed by atoms with Crippen LogP contribution in [0.1, 0.15) is 18.1 Å². The fourth-order valence-electron chi connectivity index (χ4n) is 2.42. The van der Waals surface area contributed by atoms with Crippen molar-refractivity contribution in [3.8, 4) is 23.0 Å². The average Bonchev–Trinajstić information content (AvgIpc) is 3.16. The third kappa shape index (κ3) is 4.30. The number of pyridine rings is 1. The molecule has 0 aliphatic heterocycles. The summed E-state index contributed by atoms with van der Waals surface area (Å²) in [6.07, 6.45) is -8.82. The molecule has 3 aromatic rings. The molecule has 0 N–H and O–H groups in total. The first-order valence-electron chi connectivity index (χ1n) is 8.14. The summed E-state index contributed by atoms with van der Waals surface area (Å²) in [5, 5.41) is 3.53. The van der Waals surface area contributed by atoms with Crippen molar-refractivity contribution in [2.75, 3.05) is 5.75 Å². The summed E-state index contributed by atoms with van der Waals surface area (Å²) in [5.41, 5.74) is -2.56. The number of hydrogen-bond donors (Lipinski definition) is 0. The van der Waals surface area contributed by atoms with Gasteiger partial charge in [0, 0.05) is 6.20 Å². The van der Waals surface area contributed by atoms with Gasteiger partial charge in [-0.3, -0.25) is 4.98 Å². The Balaban J connectivity index is 2.06. The maximum atomic E-state index is 13.0. The molecule has 0 aliphatic carbocycles. The van der Waals surface area contributed by atoms with Crippen LogP contribution < -0.4 is 0 Å². The van der Waals surface area contributed by atoms with Gasteiger partial charge in [0.25, 0.3) is 5.89 Å². The van der Waals surface area contributed by atoms with E-state index >= 15 is 0 Å². The number of rotatable bonds is 4. The molecular weight excluding hydrogens is 440 g/mol. The van der Waals surface area contributed by atoms with Gasteiger partial charge in [-0.25, -0.2) is 8.42 Å². The van der Waals surface area contributed by atoms with Crippen molar-refractivity contribution < 1.29 is 39.3 Å². The van der Waals surface area contributed by atoms with E-state index in [4.69, 9.17) is 4.52 Å². The van der Waals surface area contributed by atoms with Crippen LogP contribution in [0.2, 0.25) is 0 Å². The van der Waals surface area contributed by atoms with Gasteiger partial charge in [0.05, 0.1) is 27.3 Å². The van der Waals surface area contributed by atoms with Crippen molar-refractivity contribution >= 4 is 9.84 Å². The molecule has 160 valence electrons. The molecule has 6 nitrogen and oxygen atoms in total. The van der Waals surface area contributed by atoms with E-state index in [1.807, 2.05) is 0 Å². The van der Waals surface area contributed by atoms with Crippen molar-refractivity contribution in [2.24, 2.45) is 0 Å². The smallest absolute Gasteiger partial charge is 0.334 e. The Morgan fingerprint density at radius 3 is 2.13 bits per heavy atom. The first-order valence-corrected chi connectivity index (χ1v) is 9.80. The summed E-state index contributed by atoms with van der Waals surface area (Å²) in [6.45, 7) is 1.25. The van der Waals surface area contributed by atoms with Crippen LogP contribution in [-0.4, -0.2) is 29.3 Å². The Labute approximate surface area is 165 Å². The number of aromatic nitrogens is 3. The average molecular weight is 451 g/mol.